The Morgan fingerprint density at radius 2 is 0.877 bits per heavy atom. The van der Waals surface area contributed by atoms with Crippen molar-refractivity contribution >= 4 is 72.8 Å². The summed E-state index contributed by atoms with van der Waals surface area (Å²) in [6.45, 7) is -7.09. The molecule has 2 aliphatic heterocycles. The summed E-state index contributed by atoms with van der Waals surface area (Å²) in [6, 6.07) is 6.55. The van der Waals surface area contributed by atoms with Crippen LogP contribution in [-0.4, -0.2) is 165 Å². The monoisotopic (exact) mass is 1150 g/mol. The summed E-state index contributed by atoms with van der Waals surface area (Å²) in [5.74, 6) is -4.03. The predicted molar refractivity (Wildman–Crippen MR) is 158 cm³/mol. The van der Waals surface area contributed by atoms with E-state index in [9.17, 15) is 90.8 Å². The first-order chi connectivity index (χ1) is 26.0. The van der Waals surface area contributed by atoms with Crippen molar-refractivity contribution in [1.82, 2.24) is 0 Å². The standard InChI is InChI=1S/C19H28O32S7.7Na/c20-52(21,22)42-7-11-13(48-55(29,30)31)15(50-57(35,36)37)16(41-6-10-4-2-1-3-5-10)18(45-11)47-19(9-44-54(26,27)28)17(51-58(38,39)40)14(49-56(32,33)34)12(46-19)8-43-53(23,24)25;;;;;;;/h1-5,11-18H,6-9H2,(H,20,21,22)(H,23,24,25)(H,26,27,28)(H,29,30,31)(H,32,33,34)(H,35,36,37)(H,38,39,40);;;;;;;/q;7*+1/p-7/t11-,12-,13-,14-,15+,16-,17+,18-,19+;;;;;;;/m1......./s1. The molecular weight excluding hydrogens is 1130 g/mol. The maximum absolute atomic E-state index is 11.9. The van der Waals surface area contributed by atoms with E-state index in [0.29, 0.717) is 0 Å². The average molecular weight is 1150 g/mol. The van der Waals surface area contributed by atoms with Gasteiger partial charge in [0.05, 0.1) is 19.8 Å². The predicted octanol–water partition coefficient (Wildman–Crippen LogP) is -27.8. The molecule has 32 nitrogen and oxygen atoms in total. The van der Waals surface area contributed by atoms with Gasteiger partial charge in [-0.1, -0.05) is 30.3 Å². The van der Waals surface area contributed by atoms with Gasteiger partial charge in [0.1, 0.15) is 43.2 Å². The van der Waals surface area contributed by atoms with E-state index in [1.54, 1.807) is 0 Å². The fraction of sp³-hybridized carbons (Fsp3) is 0.684. The Morgan fingerprint density at radius 3 is 1.29 bits per heavy atom. The van der Waals surface area contributed by atoms with Crippen molar-refractivity contribution in [2.24, 2.45) is 0 Å². The molecule has 0 saturated carbocycles. The number of benzene rings is 1. The zero-order valence-corrected chi connectivity index (χ0v) is 54.0. The molecule has 0 aliphatic carbocycles. The Morgan fingerprint density at radius 1 is 0.477 bits per heavy atom. The summed E-state index contributed by atoms with van der Waals surface area (Å²) in [4.78, 5) is 0. The molecule has 1 aromatic carbocycles. The Balaban J connectivity index is -0.00000171. The van der Waals surface area contributed by atoms with E-state index >= 15 is 0 Å². The van der Waals surface area contributed by atoms with Crippen molar-refractivity contribution in [3.8, 4) is 0 Å². The van der Waals surface area contributed by atoms with E-state index in [2.05, 4.69) is 29.3 Å². The first-order valence-electron chi connectivity index (χ1n) is 14.1. The van der Waals surface area contributed by atoms with Crippen LogP contribution < -0.4 is 207 Å². The Hall–Kier alpha value is 5.15. The molecule has 1 aromatic rings. The first-order valence-corrected chi connectivity index (χ1v) is 23.4. The van der Waals surface area contributed by atoms with Gasteiger partial charge in [-0.25, -0.2) is 58.9 Å². The van der Waals surface area contributed by atoms with E-state index in [4.69, 9.17) is 18.9 Å². The molecule has 9 atom stereocenters. The molecule has 2 heterocycles. The van der Waals surface area contributed by atoms with Gasteiger partial charge in [0.15, 0.2) is 12.4 Å². The molecule has 3 rings (SSSR count). The molecule has 0 unspecified atom stereocenters. The van der Waals surface area contributed by atoms with Crippen LogP contribution in [0.25, 0.3) is 0 Å². The molecule has 0 bridgehead atoms. The SMILES string of the molecule is O=S(=O)([O-])OC[C@H]1O[C@@](COS(=O)(=O)[O-])(O[C@H]2O[C@H](COS(=O)(=O)[O-])[C@@H](OS(=O)(=O)[O-])[C@H](OS(=O)(=O)[O-])[C@H]2OCc2ccccc2)[C@@H](OS(=O)(=O)[O-])[C@@H]1OS(=O)(=O)[O-].[Na+].[Na+].[Na+].[Na+].[Na+].[Na+].[Na+]. The zero-order chi connectivity index (χ0) is 44.3. The summed E-state index contributed by atoms with van der Waals surface area (Å²) in [7, 11) is -43.2. The molecule has 338 valence electrons. The van der Waals surface area contributed by atoms with E-state index in [1.807, 2.05) is 0 Å². The van der Waals surface area contributed by atoms with Crippen LogP contribution >= 0.6 is 0 Å². The summed E-state index contributed by atoms with van der Waals surface area (Å²) in [6.07, 6.45) is -24.3. The fourth-order valence-corrected chi connectivity index (χ4v) is 7.83. The minimum atomic E-state index is -6.44. The number of ether oxygens (including phenoxy) is 4. The van der Waals surface area contributed by atoms with Crippen LogP contribution in [0.1, 0.15) is 5.56 Å². The molecule has 0 aromatic heterocycles. The zero-order valence-electron chi connectivity index (χ0n) is 34.3. The second kappa shape index (κ2) is 32.0. The van der Waals surface area contributed by atoms with E-state index in [0.717, 1.165) is 0 Å². The summed E-state index contributed by atoms with van der Waals surface area (Å²) >= 11 is 0. The molecule has 0 amide bonds. The largest absolute Gasteiger partial charge is 1.00 e. The van der Waals surface area contributed by atoms with Gasteiger partial charge in [-0.05, 0) is 5.56 Å². The fourth-order valence-electron chi connectivity index (χ4n) is 4.91. The van der Waals surface area contributed by atoms with Crippen LogP contribution in [0.5, 0.6) is 0 Å². The van der Waals surface area contributed by atoms with Crippen molar-refractivity contribution in [3.05, 3.63) is 35.9 Å². The third-order valence-corrected chi connectivity index (χ3v) is 9.78. The minimum Gasteiger partial charge on any atom is -0.726 e. The summed E-state index contributed by atoms with van der Waals surface area (Å²) in [5.41, 5.74) is 0.0261. The topological polar surface area (TPSA) is 502 Å². The van der Waals surface area contributed by atoms with E-state index in [1.165, 1.54) is 30.3 Å². The second-order valence-corrected chi connectivity index (χ2v) is 18.0. The average Bonchev–Trinajstić information content (AvgIpc) is 3.26. The van der Waals surface area contributed by atoms with Gasteiger partial charge in [-0.3, -0.25) is 29.3 Å². The molecule has 0 N–H and O–H groups in total. The quantitative estimate of drug-likeness (QED) is 0.0591. The van der Waals surface area contributed by atoms with Crippen LogP contribution in [0.2, 0.25) is 0 Å². The van der Waals surface area contributed by atoms with Crippen LogP contribution in [0.4, 0.5) is 0 Å². The summed E-state index contributed by atoms with van der Waals surface area (Å²) < 4.78 is 294. The van der Waals surface area contributed by atoms with Crippen LogP contribution in [-0.2, 0) is 128 Å². The summed E-state index contributed by atoms with van der Waals surface area (Å²) in [5, 5.41) is 0. The smallest absolute Gasteiger partial charge is 0.726 e. The van der Waals surface area contributed by atoms with E-state index in [-0.39, 0.29) is 212 Å². The minimum absolute atomic E-state index is 0. The van der Waals surface area contributed by atoms with Gasteiger partial charge in [0.25, 0.3) is 0 Å². The van der Waals surface area contributed by atoms with Crippen LogP contribution in [0, 0.1) is 0 Å². The van der Waals surface area contributed by atoms with Crippen molar-refractivity contribution in [1.29, 1.82) is 0 Å². The maximum atomic E-state index is 11.9. The van der Waals surface area contributed by atoms with Crippen LogP contribution in [0.15, 0.2) is 30.3 Å². The maximum Gasteiger partial charge on any atom is 1.00 e. The Bertz CT molecular complexity index is 2400. The van der Waals surface area contributed by atoms with Gasteiger partial charge in [0.2, 0.25) is 78.6 Å². The Labute approximate surface area is 526 Å². The molecule has 2 saturated heterocycles. The third kappa shape index (κ3) is 30.5. The van der Waals surface area contributed by atoms with Crippen molar-refractivity contribution in [2.45, 2.75) is 61.4 Å². The van der Waals surface area contributed by atoms with Crippen molar-refractivity contribution in [3.63, 3.8) is 0 Å². The van der Waals surface area contributed by atoms with Gasteiger partial charge in [-0.15, -0.1) is 0 Å². The normalized spacial score (nSPS) is 26.2. The molecule has 65 heavy (non-hydrogen) atoms. The van der Waals surface area contributed by atoms with E-state index < -0.39 is 154 Å². The number of hydrogen-bond donors (Lipinski definition) is 0. The molecule has 0 spiro atoms. The van der Waals surface area contributed by atoms with Gasteiger partial charge >= 0.3 is 207 Å². The number of hydrogen-bond acceptors (Lipinski definition) is 32. The Kier molecular flexibility index (Phi) is 38.9. The van der Waals surface area contributed by atoms with Crippen molar-refractivity contribution in [2.75, 3.05) is 19.8 Å². The van der Waals surface area contributed by atoms with Gasteiger partial charge < -0.3 is 50.8 Å². The molecule has 2 aliphatic rings. The molecule has 46 heteroatoms. The molecule has 0 radical (unpaired) electrons. The molecular formula is C19H21Na7O32S7. The number of rotatable bonds is 22. The van der Waals surface area contributed by atoms with Gasteiger partial charge in [-0.2, -0.15) is 0 Å². The molecule has 2 fully saturated rings. The van der Waals surface area contributed by atoms with Crippen molar-refractivity contribution < 1.29 is 346 Å². The first kappa shape index (κ1) is 79.0. The third-order valence-electron chi connectivity index (χ3n) is 6.71. The second-order valence-electron chi connectivity index (χ2n) is 10.8. The van der Waals surface area contributed by atoms with Gasteiger partial charge in [0, 0.05) is 0 Å². The van der Waals surface area contributed by atoms with Crippen LogP contribution in [0.3, 0.4) is 0 Å².